The van der Waals surface area contributed by atoms with Crippen molar-refractivity contribution in [3.8, 4) is 0 Å². The van der Waals surface area contributed by atoms with Gasteiger partial charge in [-0.3, -0.25) is 9.59 Å². The van der Waals surface area contributed by atoms with Crippen LogP contribution >= 0.6 is 11.8 Å². The average molecular weight is 449 g/mol. The Kier molecular flexibility index (Phi) is 5.91. The Balaban J connectivity index is 1.35. The highest BCUT2D eigenvalue weighted by atomic mass is 32.2. The highest BCUT2D eigenvalue weighted by Crippen LogP contribution is 2.33. The third-order valence-corrected chi connectivity index (χ3v) is 7.38. The quantitative estimate of drug-likeness (QED) is 0.551. The van der Waals surface area contributed by atoms with E-state index >= 15 is 0 Å². The van der Waals surface area contributed by atoms with Gasteiger partial charge >= 0.3 is 0 Å². The Morgan fingerprint density at radius 3 is 2.59 bits per heavy atom. The lowest BCUT2D eigenvalue weighted by Crippen LogP contribution is -2.38. The van der Waals surface area contributed by atoms with Gasteiger partial charge in [-0.15, -0.1) is 0 Å². The third kappa shape index (κ3) is 4.01. The number of likely N-dealkylation sites (tertiary alicyclic amines) is 1. The van der Waals surface area contributed by atoms with Gasteiger partial charge in [0.2, 0.25) is 11.8 Å². The van der Waals surface area contributed by atoms with Crippen molar-refractivity contribution in [1.29, 1.82) is 0 Å². The van der Waals surface area contributed by atoms with E-state index in [-0.39, 0.29) is 24.4 Å². The first-order chi connectivity index (χ1) is 15.6. The standard InChI is InChI=1S/C25H28N4O2S/c1-18-15-19-9-3-5-11-21(19)29(18)24(31)17-32-25-26-20-10-4-6-12-22(20)28(25)16-23(30)27-13-7-2-8-14-27/h3-6,9-12,18H,2,7-8,13-17H2,1H3/t18-/m1/s1. The van der Waals surface area contributed by atoms with Gasteiger partial charge in [0, 0.05) is 24.8 Å². The number of anilines is 1. The molecular formula is C25H28N4O2S. The molecule has 1 atom stereocenters. The first-order valence-electron chi connectivity index (χ1n) is 11.4. The molecule has 3 aromatic rings. The van der Waals surface area contributed by atoms with Crippen LogP contribution in [0.25, 0.3) is 11.0 Å². The van der Waals surface area contributed by atoms with Gasteiger partial charge < -0.3 is 14.4 Å². The maximum Gasteiger partial charge on any atom is 0.242 e. The number of hydrogen-bond donors (Lipinski definition) is 0. The number of rotatable bonds is 5. The van der Waals surface area contributed by atoms with Gasteiger partial charge in [0.15, 0.2) is 5.16 Å². The molecule has 0 radical (unpaired) electrons. The Morgan fingerprint density at radius 2 is 1.75 bits per heavy atom. The molecule has 0 saturated carbocycles. The molecule has 2 aromatic carbocycles. The van der Waals surface area contributed by atoms with Crippen molar-refractivity contribution in [2.75, 3.05) is 23.7 Å². The minimum atomic E-state index is 0.0772. The van der Waals surface area contributed by atoms with Gasteiger partial charge in [-0.2, -0.15) is 0 Å². The van der Waals surface area contributed by atoms with Crippen LogP contribution in [0.3, 0.4) is 0 Å². The van der Waals surface area contributed by atoms with Crippen LogP contribution in [0.5, 0.6) is 0 Å². The topological polar surface area (TPSA) is 58.4 Å². The minimum absolute atomic E-state index is 0.0772. The van der Waals surface area contributed by atoms with E-state index < -0.39 is 0 Å². The Morgan fingerprint density at radius 1 is 1.00 bits per heavy atom. The maximum atomic E-state index is 13.2. The fourth-order valence-electron chi connectivity index (χ4n) is 4.84. The van der Waals surface area contributed by atoms with E-state index in [2.05, 4.69) is 13.0 Å². The summed E-state index contributed by atoms with van der Waals surface area (Å²) in [4.78, 5) is 34.8. The van der Waals surface area contributed by atoms with Gasteiger partial charge in [0.05, 0.1) is 16.8 Å². The predicted molar refractivity (Wildman–Crippen MR) is 128 cm³/mol. The summed E-state index contributed by atoms with van der Waals surface area (Å²) in [6.45, 7) is 4.02. The molecule has 2 amide bonds. The zero-order chi connectivity index (χ0) is 22.1. The molecule has 0 unspecified atom stereocenters. The number of piperidine rings is 1. The predicted octanol–water partition coefficient (Wildman–Crippen LogP) is 4.12. The second-order valence-electron chi connectivity index (χ2n) is 8.64. The number of carbonyl (C=O) groups is 2. The molecule has 166 valence electrons. The van der Waals surface area contributed by atoms with Crippen LogP contribution in [-0.4, -0.2) is 51.1 Å². The molecule has 6 nitrogen and oxygen atoms in total. The number of hydrogen-bond acceptors (Lipinski definition) is 4. The summed E-state index contributed by atoms with van der Waals surface area (Å²) in [6, 6.07) is 16.2. The number of fused-ring (bicyclic) bond motifs is 2. The van der Waals surface area contributed by atoms with Crippen molar-refractivity contribution in [3.05, 3.63) is 54.1 Å². The molecule has 5 rings (SSSR count). The summed E-state index contributed by atoms with van der Waals surface area (Å²) in [7, 11) is 0. The van der Waals surface area contributed by atoms with Crippen LogP contribution in [0, 0.1) is 0 Å². The normalized spacial score (nSPS) is 18.2. The van der Waals surface area contributed by atoms with E-state index in [4.69, 9.17) is 4.98 Å². The van der Waals surface area contributed by atoms with Crippen LogP contribution in [0.1, 0.15) is 31.7 Å². The average Bonchev–Trinajstić information content (AvgIpc) is 3.34. The Bertz CT molecular complexity index is 1150. The van der Waals surface area contributed by atoms with E-state index in [9.17, 15) is 9.59 Å². The van der Waals surface area contributed by atoms with Crippen molar-refractivity contribution in [1.82, 2.24) is 14.5 Å². The fourth-order valence-corrected chi connectivity index (χ4v) is 5.71. The molecule has 1 fully saturated rings. The number of amides is 2. The van der Waals surface area contributed by atoms with Crippen LogP contribution in [0.2, 0.25) is 0 Å². The number of carbonyl (C=O) groups excluding carboxylic acids is 2. The second kappa shape index (κ2) is 8.98. The summed E-state index contributed by atoms with van der Waals surface area (Å²) >= 11 is 1.42. The van der Waals surface area contributed by atoms with Gasteiger partial charge in [-0.1, -0.05) is 42.1 Å². The van der Waals surface area contributed by atoms with Gasteiger partial charge in [-0.05, 0) is 56.4 Å². The van der Waals surface area contributed by atoms with Crippen molar-refractivity contribution in [2.45, 2.75) is 50.4 Å². The lowest BCUT2D eigenvalue weighted by atomic mass is 10.1. The van der Waals surface area contributed by atoms with E-state index in [1.807, 2.05) is 56.8 Å². The number of benzene rings is 2. The zero-order valence-corrected chi connectivity index (χ0v) is 19.2. The Labute approximate surface area is 192 Å². The van der Waals surface area contributed by atoms with Gasteiger partial charge in [0.25, 0.3) is 0 Å². The van der Waals surface area contributed by atoms with Crippen molar-refractivity contribution in [2.24, 2.45) is 0 Å². The van der Waals surface area contributed by atoms with Gasteiger partial charge in [-0.25, -0.2) is 4.98 Å². The smallest absolute Gasteiger partial charge is 0.242 e. The summed E-state index contributed by atoms with van der Waals surface area (Å²) in [5, 5.41) is 0.727. The van der Waals surface area contributed by atoms with E-state index in [0.717, 1.165) is 54.2 Å². The minimum Gasteiger partial charge on any atom is -0.341 e. The fraction of sp³-hybridized carbons (Fsp3) is 0.400. The number of para-hydroxylation sites is 3. The lowest BCUT2D eigenvalue weighted by Gasteiger charge is -2.27. The van der Waals surface area contributed by atoms with Crippen LogP contribution in [-0.2, 0) is 22.6 Å². The Hall–Kier alpha value is -2.80. The molecule has 3 heterocycles. The van der Waals surface area contributed by atoms with Crippen LogP contribution in [0.15, 0.2) is 53.7 Å². The lowest BCUT2D eigenvalue weighted by molar-refractivity contribution is -0.132. The van der Waals surface area contributed by atoms with Crippen LogP contribution < -0.4 is 4.90 Å². The highest BCUT2D eigenvalue weighted by Gasteiger charge is 2.30. The number of imidazole rings is 1. The molecule has 0 N–H and O–H groups in total. The summed E-state index contributed by atoms with van der Waals surface area (Å²) in [5.74, 6) is 0.497. The molecule has 1 saturated heterocycles. The zero-order valence-electron chi connectivity index (χ0n) is 18.4. The van der Waals surface area contributed by atoms with E-state index in [0.29, 0.717) is 5.75 Å². The molecule has 2 aliphatic heterocycles. The molecular weight excluding hydrogens is 420 g/mol. The second-order valence-corrected chi connectivity index (χ2v) is 9.59. The molecule has 2 aliphatic rings. The molecule has 0 bridgehead atoms. The van der Waals surface area contributed by atoms with Crippen molar-refractivity contribution < 1.29 is 9.59 Å². The number of aromatic nitrogens is 2. The molecule has 0 spiro atoms. The van der Waals surface area contributed by atoms with E-state index in [1.165, 1.54) is 23.7 Å². The highest BCUT2D eigenvalue weighted by molar-refractivity contribution is 7.99. The third-order valence-electron chi connectivity index (χ3n) is 6.42. The SMILES string of the molecule is C[C@@H]1Cc2ccccc2N1C(=O)CSc1nc2ccccc2n1CC(=O)N1CCCCC1. The monoisotopic (exact) mass is 448 g/mol. The summed E-state index contributed by atoms with van der Waals surface area (Å²) < 4.78 is 1.98. The first-order valence-corrected chi connectivity index (χ1v) is 12.4. The maximum absolute atomic E-state index is 13.2. The summed E-state index contributed by atoms with van der Waals surface area (Å²) in [6.07, 6.45) is 4.22. The number of thioether (sulfide) groups is 1. The molecule has 0 aliphatic carbocycles. The van der Waals surface area contributed by atoms with Gasteiger partial charge in [0.1, 0.15) is 6.54 Å². The van der Waals surface area contributed by atoms with Crippen molar-refractivity contribution >= 4 is 40.3 Å². The molecule has 32 heavy (non-hydrogen) atoms. The molecule has 1 aromatic heterocycles. The first kappa shape index (κ1) is 21.1. The van der Waals surface area contributed by atoms with E-state index in [1.54, 1.807) is 0 Å². The van der Waals surface area contributed by atoms with Crippen LogP contribution in [0.4, 0.5) is 5.69 Å². The molecule has 7 heteroatoms. The van der Waals surface area contributed by atoms with Crippen molar-refractivity contribution in [3.63, 3.8) is 0 Å². The summed E-state index contributed by atoms with van der Waals surface area (Å²) in [5.41, 5.74) is 4.03. The number of nitrogens with zero attached hydrogens (tertiary/aromatic N) is 4. The largest absolute Gasteiger partial charge is 0.341 e.